The lowest BCUT2D eigenvalue weighted by atomic mass is 10.5. The molecule has 0 spiro atoms. The first kappa shape index (κ1) is 9.49. The molecule has 2 aromatic rings. The monoisotopic (exact) mass is 251 g/mol. The van der Waals surface area contributed by atoms with Gasteiger partial charge in [-0.3, -0.25) is 0 Å². The molecule has 2 rings (SSSR count). The first-order valence-corrected chi connectivity index (χ1v) is 6.36. The number of hydrogen-bond donors (Lipinski definition) is 1. The molecule has 0 aliphatic carbocycles. The highest BCUT2D eigenvalue weighted by Gasteiger charge is 2.17. The summed E-state index contributed by atoms with van der Waals surface area (Å²) in [7, 11) is 1.16. The maximum absolute atomic E-state index is 10.8. The van der Waals surface area contributed by atoms with Crippen molar-refractivity contribution in [3.05, 3.63) is 5.38 Å². The normalized spacial score (nSPS) is 11.8. The second-order valence-electron chi connectivity index (χ2n) is 2.19. The van der Waals surface area contributed by atoms with Crippen LogP contribution in [-0.4, -0.2) is 33.2 Å². The quantitative estimate of drug-likeness (QED) is 0.768. The number of halogens is 1. The van der Waals surface area contributed by atoms with Crippen LogP contribution in [0, 0.1) is 0 Å². The Balaban J connectivity index is 2.46. The summed E-state index contributed by atoms with van der Waals surface area (Å²) in [6.45, 7) is 0. The van der Waals surface area contributed by atoms with E-state index in [1.807, 2.05) is 0 Å². The molecule has 0 aliphatic heterocycles. The molecule has 74 valence electrons. The smallest absolute Gasteiger partial charge is 0.248 e. The molecular formula is C4H2ClN5O2S2. The molecule has 0 aliphatic rings. The Bertz CT molecular complexity index is 532. The van der Waals surface area contributed by atoms with Crippen molar-refractivity contribution in [3.63, 3.8) is 0 Å². The molecule has 1 N–H and O–H groups in total. The number of aromatic amines is 1. The number of aromatic nitrogens is 5. The van der Waals surface area contributed by atoms with Crippen molar-refractivity contribution >= 4 is 31.3 Å². The van der Waals surface area contributed by atoms with Crippen molar-refractivity contribution in [1.82, 2.24) is 24.8 Å². The molecule has 0 amide bonds. The van der Waals surface area contributed by atoms with E-state index in [4.69, 9.17) is 10.7 Å². The Morgan fingerprint density at radius 2 is 2.29 bits per heavy atom. The summed E-state index contributed by atoms with van der Waals surface area (Å²) in [4.78, 5) is 3.64. The second kappa shape index (κ2) is 3.26. The van der Waals surface area contributed by atoms with E-state index in [2.05, 4.69) is 24.8 Å². The number of rotatable bonds is 2. The number of hydrogen-bond acceptors (Lipinski definition) is 7. The van der Waals surface area contributed by atoms with Crippen LogP contribution in [0.5, 0.6) is 0 Å². The highest BCUT2D eigenvalue weighted by Crippen LogP contribution is 2.15. The van der Waals surface area contributed by atoms with Crippen molar-refractivity contribution in [2.24, 2.45) is 0 Å². The van der Waals surface area contributed by atoms with Crippen molar-refractivity contribution in [2.75, 3.05) is 0 Å². The molecule has 10 heteroatoms. The molecular weight excluding hydrogens is 250 g/mol. The van der Waals surface area contributed by atoms with Crippen LogP contribution in [-0.2, 0) is 9.05 Å². The minimum atomic E-state index is -3.87. The van der Waals surface area contributed by atoms with Gasteiger partial charge >= 0.3 is 0 Å². The lowest BCUT2D eigenvalue weighted by Gasteiger charge is -1.83. The fourth-order valence-corrected chi connectivity index (χ4v) is 1.72. The molecule has 7 nitrogen and oxygen atoms in total. The van der Waals surface area contributed by atoms with E-state index >= 15 is 0 Å². The first-order valence-electron chi connectivity index (χ1n) is 3.22. The van der Waals surface area contributed by atoms with Gasteiger partial charge in [0.25, 0.3) is 14.2 Å². The third kappa shape index (κ3) is 1.74. The Kier molecular flexibility index (Phi) is 2.21. The van der Waals surface area contributed by atoms with Gasteiger partial charge in [0, 0.05) is 16.1 Å². The van der Waals surface area contributed by atoms with Gasteiger partial charge in [-0.1, -0.05) is 4.49 Å². The van der Waals surface area contributed by atoms with Crippen molar-refractivity contribution in [1.29, 1.82) is 0 Å². The average molecular weight is 252 g/mol. The summed E-state index contributed by atoms with van der Waals surface area (Å²) in [6.07, 6.45) is 0. The minimum absolute atomic E-state index is 0.151. The largest absolute Gasteiger partial charge is 0.296 e. The molecule has 2 heterocycles. The predicted octanol–water partition coefficient (Wildman–Crippen LogP) is 0.251. The van der Waals surface area contributed by atoms with E-state index in [9.17, 15) is 8.42 Å². The molecule has 0 radical (unpaired) electrons. The molecule has 0 saturated carbocycles. The average Bonchev–Trinajstić information content (AvgIpc) is 2.73. The van der Waals surface area contributed by atoms with Gasteiger partial charge in [0.2, 0.25) is 5.82 Å². The van der Waals surface area contributed by atoms with Gasteiger partial charge in [-0.25, -0.2) is 13.5 Å². The number of H-pyrrole nitrogens is 1. The molecule has 0 fully saturated rings. The van der Waals surface area contributed by atoms with E-state index < -0.39 is 14.2 Å². The summed E-state index contributed by atoms with van der Waals surface area (Å²) in [5.74, 6) is 0.151. The van der Waals surface area contributed by atoms with Crippen LogP contribution in [0.4, 0.5) is 0 Å². The Morgan fingerprint density at radius 3 is 2.79 bits per heavy atom. The zero-order valence-corrected chi connectivity index (χ0v) is 8.77. The summed E-state index contributed by atoms with van der Waals surface area (Å²) in [5.41, 5.74) is 0.401. The molecule has 0 aromatic carbocycles. The fraction of sp³-hybridized carbons (Fsp3) is 0. The summed E-state index contributed by atoms with van der Waals surface area (Å²) in [5, 5.41) is 10.7. The van der Waals surface area contributed by atoms with Crippen LogP contribution < -0.4 is 0 Å². The summed E-state index contributed by atoms with van der Waals surface area (Å²) >= 11 is 1.11. The van der Waals surface area contributed by atoms with Gasteiger partial charge in [-0.05, 0) is 11.5 Å². The highest BCUT2D eigenvalue weighted by atomic mass is 35.7. The molecule has 0 atom stereocenters. The predicted molar refractivity (Wildman–Crippen MR) is 48.3 cm³/mol. The van der Waals surface area contributed by atoms with E-state index in [1.54, 1.807) is 5.38 Å². The van der Waals surface area contributed by atoms with Crippen molar-refractivity contribution in [3.8, 4) is 11.5 Å². The Hall–Kier alpha value is -1.06. The van der Waals surface area contributed by atoms with Crippen molar-refractivity contribution < 1.29 is 8.42 Å². The van der Waals surface area contributed by atoms with Gasteiger partial charge < -0.3 is 0 Å². The van der Waals surface area contributed by atoms with E-state index in [0.717, 1.165) is 11.5 Å². The second-order valence-corrected chi connectivity index (χ2v) is 5.28. The number of nitrogens with one attached hydrogen (secondary N) is 1. The van der Waals surface area contributed by atoms with E-state index in [-0.39, 0.29) is 5.82 Å². The van der Waals surface area contributed by atoms with Gasteiger partial charge in [-0.2, -0.15) is 10.1 Å². The molecule has 0 unspecified atom stereocenters. The van der Waals surface area contributed by atoms with Gasteiger partial charge in [0.1, 0.15) is 5.69 Å². The SMILES string of the molecule is O=S(=O)(Cl)c1nc(-c2csnn2)n[nH]1. The lowest BCUT2D eigenvalue weighted by Crippen LogP contribution is -1.92. The zero-order valence-electron chi connectivity index (χ0n) is 6.38. The first-order chi connectivity index (χ1) is 6.57. The lowest BCUT2D eigenvalue weighted by molar-refractivity contribution is 0.602. The van der Waals surface area contributed by atoms with Gasteiger partial charge in [-0.15, -0.1) is 5.10 Å². The minimum Gasteiger partial charge on any atom is -0.248 e. The molecule has 14 heavy (non-hydrogen) atoms. The Morgan fingerprint density at radius 1 is 1.50 bits per heavy atom. The molecule has 0 bridgehead atoms. The van der Waals surface area contributed by atoms with Crippen LogP contribution in [0.3, 0.4) is 0 Å². The zero-order chi connectivity index (χ0) is 10.2. The number of nitrogens with zero attached hydrogens (tertiary/aromatic N) is 4. The highest BCUT2D eigenvalue weighted by molar-refractivity contribution is 8.13. The van der Waals surface area contributed by atoms with Gasteiger partial charge in [0.05, 0.1) is 0 Å². The topological polar surface area (TPSA) is 101 Å². The summed E-state index contributed by atoms with van der Waals surface area (Å²) in [6, 6.07) is 0. The molecule has 0 saturated heterocycles. The third-order valence-electron chi connectivity index (χ3n) is 1.28. The maximum atomic E-state index is 10.8. The third-order valence-corrected chi connectivity index (χ3v) is 2.87. The van der Waals surface area contributed by atoms with Crippen LogP contribution >= 0.6 is 22.2 Å². The van der Waals surface area contributed by atoms with Crippen LogP contribution in [0.15, 0.2) is 10.5 Å². The van der Waals surface area contributed by atoms with E-state index in [0.29, 0.717) is 5.69 Å². The Labute approximate surface area is 86.7 Å². The maximum Gasteiger partial charge on any atom is 0.296 e. The van der Waals surface area contributed by atoms with Crippen LogP contribution in [0.2, 0.25) is 0 Å². The summed E-state index contributed by atoms with van der Waals surface area (Å²) < 4.78 is 25.2. The fourth-order valence-electron chi connectivity index (χ4n) is 0.733. The molecule has 2 aromatic heterocycles. The van der Waals surface area contributed by atoms with Gasteiger partial charge in [0.15, 0.2) is 0 Å². The standard InChI is InChI=1S/C4H2ClN5O2S2/c5-14(11,12)4-6-3(8-9-4)2-1-13-10-7-2/h1H,(H,6,8,9). The van der Waals surface area contributed by atoms with Crippen LogP contribution in [0.25, 0.3) is 11.5 Å². The van der Waals surface area contributed by atoms with Crippen LogP contribution in [0.1, 0.15) is 0 Å². The van der Waals surface area contributed by atoms with E-state index in [1.165, 1.54) is 0 Å². The van der Waals surface area contributed by atoms with Crippen molar-refractivity contribution in [2.45, 2.75) is 5.16 Å².